The number of hydrogen-bond acceptors (Lipinski definition) is 1. The number of nitrogens with one attached hydrogen (secondary N) is 1. The van der Waals surface area contributed by atoms with Crippen molar-refractivity contribution in [2.45, 2.75) is 45.6 Å². The Morgan fingerprint density at radius 2 is 1.88 bits per heavy atom. The Kier molecular flexibility index (Phi) is 3.65. The van der Waals surface area contributed by atoms with E-state index < -0.39 is 0 Å². The van der Waals surface area contributed by atoms with Gasteiger partial charge in [0.15, 0.2) is 0 Å². The summed E-state index contributed by atoms with van der Waals surface area (Å²) in [5.74, 6) is 0. The van der Waals surface area contributed by atoms with Crippen molar-refractivity contribution in [2.24, 2.45) is 5.41 Å². The molecule has 0 aliphatic carbocycles. The standard InChI is InChI=1S/C15H22BrN/c1-14(2,3)11-15(9-4-10-17-15)12-5-7-13(16)8-6-12/h5-8,17H,4,9-11H2,1-3H3. The molecule has 1 aromatic carbocycles. The summed E-state index contributed by atoms with van der Waals surface area (Å²) in [5, 5.41) is 3.75. The summed E-state index contributed by atoms with van der Waals surface area (Å²) in [4.78, 5) is 0. The Morgan fingerprint density at radius 3 is 2.35 bits per heavy atom. The van der Waals surface area contributed by atoms with Gasteiger partial charge in [-0.25, -0.2) is 0 Å². The van der Waals surface area contributed by atoms with E-state index >= 15 is 0 Å². The highest BCUT2D eigenvalue weighted by Crippen LogP contribution is 2.41. The zero-order valence-corrected chi connectivity index (χ0v) is 12.6. The molecule has 1 saturated heterocycles. The average molecular weight is 296 g/mol. The summed E-state index contributed by atoms with van der Waals surface area (Å²) in [7, 11) is 0. The van der Waals surface area contributed by atoms with Gasteiger partial charge in [-0.1, -0.05) is 48.8 Å². The van der Waals surface area contributed by atoms with E-state index in [0.29, 0.717) is 5.41 Å². The van der Waals surface area contributed by atoms with Gasteiger partial charge >= 0.3 is 0 Å². The highest BCUT2D eigenvalue weighted by Gasteiger charge is 2.38. The third-order valence-corrected chi connectivity index (χ3v) is 4.00. The van der Waals surface area contributed by atoms with Gasteiger partial charge in [-0.2, -0.15) is 0 Å². The molecular weight excluding hydrogens is 274 g/mol. The summed E-state index contributed by atoms with van der Waals surface area (Å²) >= 11 is 3.51. The van der Waals surface area contributed by atoms with E-state index in [9.17, 15) is 0 Å². The molecule has 17 heavy (non-hydrogen) atoms. The van der Waals surface area contributed by atoms with Crippen LogP contribution in [0.5, 0.6) is 0 Å². The van der Waals surface area contributed by atoms with Crippen LogP contribution in [0.25, 0.3) is 0 Å². The Balaban J connectivity index is 2.31. The van der Waals surface area contributed by atoms with Gasteiger partial charge in [-0.05, 0) is 48.9 Å². The number of hydrogen-bond donors (Lipinski definition) is 1. The molecule has 2 rings (SSSR count). The lowest BCUT2D eigenvalue weighted by atomic mass is 9.75. The van der Waals surface area contributed by atoms with Crippen LogP contribution in [0.2, 0.25) is 0 Å². The van der Waals surface area contributed by atoms with E-state index in [2.05, 4.69) is 66.3 Å². The molecule has 0 bridgehead atoms. The Hall–Kier alpha value is -0.340. The predicted molar refractivity (Wildman–Crippen MR) is 77.1 cm³/mol. The van der Waals surface area contributed by atoms with E-state index in [0.717, 1.165) is 11.0 Å². The Bertz CT molecular complexity index is 369. The molecule has 1 aliphatic rings. The Labute approximate surface area is 113 Å². The minimum Gasteiger partial charge on any atom is -0.307 e. The van der Waals surface area contributed by atoms with Crippen LogP contribution in [-0.2, 0) is 5.54 Å². The maximum absolute atomic E-state index is 3.75. The van der Waals surface area contributed by atoms with Gasteiger partial charge in [0, 0.05) is 10.0 Å². The molecule has 94 valence electrons. The van der Waals surface area contributed by atoms with Crippen molar-refractivity contribution in [3.63, 3.8) is 0 Å². The third kappa shape index (κ3) is 3.11. The zero-order chi connectivity index (χ0) is 12.5. The van der Waals surface area contributed by atoms with Crippen molar-refractivity contribution in [1.82, 2.24) is 5.32 Å². The van der Waals surface area contributed by atoms with Crippen molar-refractivity contribution in [1.29, 1.82) is 0 Å². The molecule has 0 saturated carbocycles. The summed E-state index contributed by atoms with van der Waals surface area (Å²) in [6.45, 7) is 8.13. The van der Waals surface area contributed by atoms with Crippen molar-refractivity contribution in [3.8, 4) is 0 Å². The van der Waals surface area contributed by atoms with Crippen molar-refractivity contribution < 1.29 is 0 Å². The normalized spacial score (nSPS) is 25.2. The van der Waals surface area contributed by atoms with Crippen LogP contribution in [0.1, 0.15) is 45.6 Å². The van der Waals surface area contributed by atoms with Crippen molar-refractivity contribution >= 4 is 15.9 Å². The van der Waals surface area contributed by atoms with Gasteiger partial charge in [0.1, 0.15) is 0 Å². The van der Waals surface area contributed by atoms with Crippen LogP contribution in [-0.4, -0.2) is 6.54 Å². The molecular formula is C15H22BrN. The second-order valence-electron chi connectivity index (χ2n) is 6.36. The van der Waals surface area contributed by atoms with E-state index in [1.807, 2.05) is 0 Å². The summed E-state index contributed by atoms with van der Waals surface area (Å²) in [6.07, 6.45) is 3.74. The monoisotopic (exact) mass is 295 g/mol. The molecule has 0 radical (unpaired) electrons. The summed E-state index contributed by atoms with van der Waals surface area (Å²) < 4.78 is 1.16. The first-order valence-electron chi connectivity index (χ1n) is 6.42. The van der Waals surface area contributed by atoms with Crippen LogP contribution in [0.15, 0.2) is 28.7 Å². The molecule has 1 unspecified atom stereocenters. The summed E-state index contributed by atoms with van der Waals surface area (Å²) in [6, 6.07) is 8.82. The smallest absolute Gasteiger partial charge is 0.0440 e. The largest absolute Gasteiger partial charge is 0.307 e. The summed E-state index contributed by atoms with van der Waals surface area (Å²) in [5.41, 5.74) is 1.98. The lowest BCUT2D eigenvalue weighted by Crippen LogP contribution is -2.40. The maximum Gasteiger partial charge on any atom is 0.0440 e. The van der Waals surface area contributed by atoms with Crippen molar-refractivity contribution in [3.05, 3.63) is 34.3 Å². The molecule has 1 fully saturated rings. The fourth-order valence-corrected chi connectivity index (χ4v) is 3.24. The van der Waals surface area contributed by atoms with Crippen LogP contribution in [0.4, 0.5) is 0 Å². The molecule has 2 heteroatoms. The lowest BCUT2D eigenvalue weighted by molar-refractivity contribution is 0.232. The van der Waals surface area contributed by atoms with Crippen LogP contribution < -0.4 is 5.32 Å². The fraction of sp³-hybridized carbons (Fsp3) is 0.600. The quantitative estimate of drug-likeness (QED) is 0.849. The zero-order valence-electron chi connectivity index (χ0n) is 11.0. The SMILES string of the molecule is CC(C)(C)CC1(c2ccc(Br)cc2)CCCN1. The molecule has 0 aromatic heterocycles. The maximum atomic E-state index is 3.75. The van der Waals surface area contributed by atoms with E-state index in [4.69, 9.17) is 0 Å². The van der Waals surface area contributed by atoms with Gasteiger partial charge < -0.3 is 5.32 Å². The highest BCUT2D eigenvalue weighted by atomic mass is 79.9. The predicted octanol–water partition coefficient (Wildman–Crippen LogP) is 4.46. The van der Waals surface area contributed by atoms with Gasteiger partial charge in [0.2, 0.25) is 0 Å². The number of halogens is 1. The van der Waals surface area contributed by atoms with Gasteiger partial charge in [-0.15, -0.1) is 0 Å². The second kappa shape index (κ2) is 4.74. The molecule has 1 aromatic rings. The van der Waals surface area contributed by atoms with E-state index in [1.165, 1.54) is 24.8 Å². The minimum atomic E-state index is 0.193. The van der Waals surface area contributed by atoms with Crippen molar-refractivity contribution in [2.75, 3.05) is 6.54 Å². The topological polar surface area (TPSA) is 12.0 Å². The molecule has 1 N–H and O–H groups in total. The first kappa shape index (κ1) is 13.1. The van der Waals surface area contributed by atoms with Gasteiger partial charge in [0.05, 0.1) is 0 Å². The first-order chi connectivity index (χ1) is 7.91. The average Bonchev–Trinajstić information content (AvgIpc) is 2.65. The van der Waals surface area contributed by atoms with Crippen LogP contribution >= 0.6 is 15.9 Å². The minimum absolute atomic E-state index is 0.193. The lowest BCUT2D eigenvalue weighted by Gasteiger charge is -2.36. The molecule has 1 nitrogen and oxygen atoms in total. The van der Waals surface area contributed by atoms with E-state index in [-0.39, 0.29) is 5.54 Å². The van der Waals surface area contributed by atoms with E-state index in [1.54, 1.807) is 0 Å². The molecule has 1 atom stereocenters. The second-order valence-corrected chi connectivity index (χ2v) is 7.27. The molecule has 1 heterocycles. The number of benzene rings is 1. The first-order valence-corrected chi connectivity index (χ1v) is 7.22. The van der Waals surface area contributed by atoms with Crippen LogP contribution in [0, 0.1) is 5.41 Å². The Morgan fingerprint density at radius 1 is 1.24 bits per heavy atom. The van der Waals surface area contributed by atoms with Crippen LogP contribution in [0.3, 0.4) is 0 Å². The van der Waals surface area contributed by atoms with Gasteiger partial charge in [-0.3, -0.25) is 0 Å². The fourth-order valence-electron chi connectivity index (χ4n) is 2.98. The molecule has 0 spiro atoms. The van der Waals surface area contributed by atoms with Gasteiger partial charge in [0.25, 0.3) is 0 Å². The molecule has 0 amide bonds. The highest BCUT2D eigenvalue weighted by molar-refractivity contribution is 9.10. The number of rotatable bonds is 2. The molecule has 1 aliphatic heterocycles. The third-order valence-electron chi connectivity index (χ3n) is 3.47.